The van der Waals surface area contributed by atoms with Gasteiger partial charge in [-0.15, -0.1) is 0 Å². The zero-order valence-corrected chi connectivity index (χ0v) is 14.0. The fraction of sp³-hybridized carbons (Fsp3) is 0.263. The number of hydrogen-bond donors (Lipinski definition) is 1. The molecular weight excluding hydrogens is 322 g/mol. The average Bonchev–Trinajstić information content (AvgIpc) is 3.43. The summed E-state index contributed by atoms with van der Waals surface area (Å²) in [5.41, 5.74) is 1.80. The van der Waals surface area contributed by atoms with Crippen molar-refractivity contribution >= 4 is 23.3 Å². The molecule has 1 N–H and O–H groups in total. The van der Waals surface area contributed by atoms with Crippen LogP contribution in [0, 0.1) is 17.8 Å². The van der Waals surface area contributed by atoms with Crippen LogP contribution in [-0.2, 0) is 5.54 Å². The number of rotatable bonds is 1. The summed E-state index contributed by atoms with van der Waals surface area (Å²) in [6.45, 7) is 0. The Morgan fingerprint density at radius 3 is 2.88 bits per heavy atom. The maximum atomic E-state index is 12.5. The number of carbonyl (C=O) groups excluding carboxylic acids is 1. The third kappa shape index (κ3) is 2.42. The van der Waals surface area contributed by atoms with E-state index >= 15 is 0 Å². The minimum absolute atomic E-state index is 0.146. The second-order valence-corrected chi connectivity index (χ2v) is 6.63. The van der Waals surface area contributed by atoms with Gasteiger partial charge in [-0.2, -0.15) is 0 Å². The van der Waals surface area contributed by atoms with Gasteiger partial charge in [0.15, 0.2) is 0 Å². The highest BCUT2D eigenvalue weighted by molar-refractivity contribution is 6.30. The van der Waals surface area contributed by atoms with E-state index in [1.165, 1.54) is 0 Å². The normalized spacial score (nSPS) is 22.2. The summed E-state index contributed by atoms with van der Waals surface area (Å²) in [6.07, 6.45) is 3.78. The van der Waals surface area contributed by atoms with Crippen molar-refractivity contribution in [1.29, 1.82) is 0 Å². The molecule has 1 atom stereocenters. The molecule has 2 aliphatic rings. The molecule has 24 heavy (non-hydrogen) atoms. The maximum Gasteiger partial charge on any atom is 0.323 e. The van der Waals surface area contributed by atoms with E-state index in [-0.39, 0.29) is 6.03 Å². The molecule has 5 heteroatoms. The van der Waals surface area contributed by atoms with Crippen LogP contribution in [0.1, 0.15) is 24.1 Å². The number of hydrogen-bond acceptors (Lipinski definition) is 2. The van der Waals surface area contributed by atoms with E-state index in [4.69, 9.17) is 11.6 Å². The van der Waals surface area contributed by atoms with E-state index < -0.39 is 5.54 Å². The highest BCUT2D eigenvalue weighted by Crippen LogP contribution is 2.50. The van der Waals surface area contributed by atoms with E-state index in [2.05, 4.69) is 22.1 Å². The first-order chi connectivity index (χ1) is 11.6. The number of nitrogens with one attached hydrogen (secondary N) is 1. The van der Waals surface area contributed by atoms with Crippen molar-refractivity contribution in [2.75, 3.05) is 11.9 Å². The van der Waals surface area contributed by atoms with Crippen LogP contribution in [0.15, 0.2) is 42.6 Å². The van der Waals surface area contributed by atoms with Crippen molar-refractivity contribution in [3.05, 3.63) is 58.9 Å². The molecule has 0 radical (unpaired) electrons. The Labute approximate surface area is 145 Å². The number of anilines is 1. The van der Waals surface area contributed by atoms with E-state index in [1.807, 2.05) is 30.3 Å². The summed E-state index contributed by atoms with van der Waals surface area (Å²) < 4.78 is 0. The van der Waals surface area contributed by atoms with Gasteiger partial charge in [-0.1, -0.05) is 23.6 Å². The largest absolute Gasteiger partial charge is 0.323 e. The van der Waals surface area contributed by atoms with Crippen molar-refractivity contribution in [3.63, 3.8) is 0 Å². The highest BCUT2D eigenvalue weighted by Gasteiger charge is 2.51. The van der Waals surface area contributed by atoms with Gasteiger partial charge in [0.1, 0.15) is 11.2 Å². The fourth-order valence-corrected chi connectivity index (χ4v) is 3.36. The Morgan fingerprint density at radius 1 is 1.33 bits per heavy atom. The fourth-order valence-electron chi connectivity index (χ4n) is 3.18. The van der Waals surface area contributed by atoms with Gasteiger partial charge in [-0.25, -0.2) is 9.78 Å². The number of halogens is 1. The Kier molecular flexibility index (Phi) is 3.47. The van der Waals surface area contributed by atoms with Crippen molar-refractivity contribution < 1.29 is 4.79 Å². The molecule has 1 aliphatic heterocycles. The average molecular weight is 338 g/mol. The van der Waals surface area contributed by atoms with Gasteiger partial charge in [0.2, 0.25) is 0 Å². The summed E-state index contributed by atoms with van der Waals surface area (Å²) >= 11 is 6.24. The lowest BCUT2D eigenvalue weighted by Crippen LogP contribution is -2.56. The highest BCUT2D eigenvalue weighted by atomic mass is 35.5. The van der Waals surface area contributed by atoms with Crippen LogP contribution >= 0.6 is 11.6 Å². The number of pyridine rings is 1. The van der Waals surface area contributed by atoms with Gasteiger partial charge in [-0.05, 0) is 55.0 Å². The van der Waals surface area contributed by atoms with Gasteiger partial charge >= 0.3 is 6.03 Å². The lowest BCUT2D eigenvalue weighted by Gasteiger charge is -2.40. The first kappa shape index (κ1) is 15.0. The number of amides is 2. The van der Waals surface area contributed by atoms with Crippen LogP contribution in [-0.4, -0.2) is 18.1 Å². The Hall–Kier alpha value is -2.51. The van der Waals surface area contributed by atoms with Crippen molar-refractivity contribution in [2.45, 2.75) is 18.4 Å². The van der Waals surface area contributed by atoms with Gasteiger partial charge in [0.25, 0.3) is 0 Å². The zero-order chi connectivity index (χ0) is 16.7. The van der Waals surface area contributed by atoms with Crippen LogP contribution in [0.4, 0.5) is 10.5 Å². The molecule has 2 aromatic rings. The smallest absolute Gasteiger partial charge is 0.317 e. The summed E-state index contributed by atoms with van der Waals surface area (Å²) in [5.74, 6) is 6.75. The number of nitrogens with zero attached hydrogens (tertiary/aromatic N) is 2. The molecule has 0 spiro atoms. The predicted octanol–water partition coefficient (Wildman–Crippen LogP) is 3.55. The third-order valence-electron chi connectivity index (χ3n) is 4.60. The van der Waals surface area contributed by atoms with Gasteiger partial charge in [-0.3, -0.25) is 4.90 Å². The van der Waals surface area contributed by atoms with E-state index in [0.29, 0.717) is 16.6 Å². The molecule has 4 rings (SSSR count). The number of fused-ring (bicyclic) bond motifs is 1. The SMILES string of the molecule is CN1C(=O)NC(C#Cc2ccccn2)(C2CC2)c2cc(Cl)ccc21. The number of urea groups is 1. The Bertz CT molecular complexity index is 867. The standard InChI is InChI=1S/C19H16ClN3O/c1-23-17-8-7-14(20)12-16(17)19(13-5-6-13,22-18(23)24)10-9-15-4-2-3-11-21-15/h2-4,7-8,11-13H,5-6H2,1H3,(H,22,24). The summed E-state index contributed by atoms with van der Waals surface area (Å²) in [6, 6.07) is 11.1. The monoisotopic (exact) mass is 337 g/mol. The van der Waals surface area contributed by atoms with Gasteiger partial charge in [0.05, 0.1) is 5.69 Å². The minimum Gasteiger partial charge on any atom is -0.317 e. The van der Waals surface area contributed by atoms with Gasteiger partial charge in [0, 0.05) is 23.8 Å². The number of carbonyl (C=O) groups is 1. The Balaban J connectivity index is 1.89. The van der Waals surface area contributed by atoms with Crippen LogP contribution in [0.2, 0.25) is 5.02 Å². The summed E-state index contributed by atoms with van der Waals surface area (Å²) in [5, 5.41) is 3.76. The number of aromatic nitrogens is 1. The molecule has 1 aromatic carbocycles. The molecule has 0 saturated heterocycles. The molecular formula is C19H16ClN3O. The van der Waals surface area contributed by atoms with Gasteiger partial charge < -0.3 is 5.32 Å². The lowest BCUT2D eigenvalue weighted by molar-refractivity contribution is 0.232. The number of benzene rings is 1. The van der Waals surface area contributed by atoms with Crippen LogP contribution < -0.4 is 10.2 Å². The molecule has 2 amide bonds. The topological polar surface area (TPSA) is 45.2 Å². The molecule has 1 fully saturated rings. The van der Waals surface area contributed by atoms with Crippen LogP contribution in [0.25, 0.3) is 0 Å². The molecule has 120 valence electrons. The van der Waals surface area contributed by atoms with E-state index in [1.54, 1.807) is 24.2 Å². The lowest BCUT2D eigenvalue weighted by atomic mass is 9.82. The quantitative estimate of drug-likeness (QED) is 0.809. The molecule has 1 aromatic heterocycles. The van der Waals surface area contributed by atoms with Crippen molar-refractivity contribution in [3.8, 4) is 11.8 Å². The van der Waals surface area contributed by atoms with Crippen LogP contribution in [0.3, 0.4) is 0 Å². The molecule has 0 bridgehead atoms. The molecule has 1 unspecified atom stereocenters. The molecule has 1 aliphatic carbocycles. The first-order valence-electron chi connectivity index (χ1n) is 7.90. The van der Waals surface area contributed by atoms with E-state index in [9.17, 15) is 4.79 Å². The third-order valence-corrected chi connectivity index (χ3v) is 4.83. The minimum atomic E-state index is -0.707. The second kappa shape index (κ2) is 5.54. The summed E-state index contributed by atoms with van der Waals surface area (Å²) in [4.78, 5) is 18.4. The molecule has 4 nitrogen and oxygen atoms in total. The zero-order valence-electron chi connectivity index (χ0n) is 13.2. The van der Waals surface area contributed by atoms with Crippen LogP contribution in [0.5, 0.6) is 0 Å². The predicted molar refractivity (Wildman–Crippen MR) is 93.9 cm³/mol. The van der Waals surface area contributed by atoms with Crippen molar-refractivity contribution in [2.24, 2.45) is 5.92 Å². The molecule has 2 heterocycles. The summed E-state index contributed by atoms with van der Waals surface area (Å²) in [7, 11) is 1.76. The first-order valence-corrected chi connectivity index (χ1v) is 8.28. The molecule has 1 saturated carbocycles. The van der Waals surface area contributed by atoms with E-state index in [0.717, 1.165) is 24.1 Å². The Morgan fingerprint density at radius 2 is 2.17 bits per heavy atom. The van der Waals surface area contributed by atoms with Crippen molar-refractivity contribution in [1.82, 2.24) is 10.3 Å². The maximum absolute atomic E-state index is 12.5. The second-order valence-electron chi connectivity index (χ2n) is 6.20.